The predicted molar refractivity (Wildman–Crippen MR) is 248 cm³/mol. The lowest BCUT2D eigenvalue weighted by Crippen LogP contribution is -2.30. The number of para-hydroxylation sites is 2. The van der Waals surface area contributed by atoms with E-state index < -0.39 is 0 Å². The van der Waals surface area contributed by atoms with Crippen molar-refractivity contribution in [1.29, 1.82) is 0 Å². The van der Waals surface area contributed by atoms with Gasteiger partial charge in [-0.2, -0.15) is 0 Å². The van der Waals surface area contributed by atoms with Gasteiger partial charge in [-0.1, -0.05) is 84.9 Å². The molecule has 0 aliphatic carbocycles. The Morgan fingerprint density at radius 1 is 0.379 bits per heavy atom. The van der Waals surface area contributed by atoms with E-state index >= 15 is 0 Å². The number of fused-ring (bicyclic) bond motifs is 4. The molecule has 8 aromatic carbocycles. The monoisotopic (exact) mass is 764 g/mol. The topological polar surface area (TPSA) is 46.9 Å². The van der Waals surface area contributed by atoms with Crippen molar-refractivity contribution in [2.45, 2.75) is 68.5 Å². The molecule has 0 saturated heterocycles. The minimum atomic E-state index is 0.344. The van der Waals surface area contributed by atoms with Crippen molar-refractivity contribution in [3.63, 3.8) is 0 Å². The highest BCUT2D eigenvalue weighted by atomic mass is 16.3. The van der Waals surface area contributed by atoms with Gasteiger partial charge in [0.25, 0.3) is 0 Å². The quantitative estimate of drug-likeness (QED) is 0.144. The van der Waals surface area contributed by atoms with E-state index in [4.69, 9.17) is 0 Å². The maximum Gasteiger partial charge on any atom is 0.127 e. The Morgan fingerprint density at radius 2 is 0.655 bits per heavy atom. The normalized spacial score (nSPS) is 12.0. The molecule has 0 radical (unpaired) electrons. The first-order chi connectivity index (χ1) is 27.7. The molecule has 0 atom stereocenters. The van der Waals surface area contributed by atoms with Gasteiger partial charge in [-0.15, -0.1) is 0 Å². The molecule has 0 aromatic heterocycles. The first kappa shape index (κ1) is 39.2. The van der Waals surface area contributed by atoms with Crippen molar-refractivity contribution in [2.24, 2.45) is 0 Å². The van der Waals surface area contributed by atoms with Crippen LogP contribution in [-0.2, 0) is 13.1 Å². The Hall–Kier alpha value is -5.68. The number of rotatable bonds is 9. The molecular weight excluding hydrogens is 709 g/mol. The first-order valence-corrected chi connectivity index (χ1v) is 20.6. The zero-order valence-corrected chi connectivity index (χ0v) is 35.9. The van der Waals surface area contributed by atoms with Gasteiger partial charge in [0.1, 0.15) is 11.5 Å². The Bertz CT molecular complexity index is 2610. The van der Waals surface area contributed by atoms with Gasteiger partial charge in [-0.25, -0.2) is 0 Å². The van der Waals surface area contributed by atoms with Crippen molar-refractivity contribution in [3.8, 4) is 33.8 Å². The standard InChI is InChI=1S/C54H56N2O2/c1-31-17-21-35(5)47-43(31)27-44-32(2)18-22-36(6)48(44)51(47)41-15-11-13-39(53(41)57)29-55(9)25-26-56(10)30-40-14-12-16-42(54(40)58)52-49-37(7)23-19-33(3)45(49)28-46-34(4)20-24-38(8)50(46)52/h11-24,27-28,57-58H,25-26,29-30H2,1-10H3. The minimum Gasteiger partial charge on any atom is -0.507 e. The summed E-state index contributed by atoms with van der Waals surface area (Å²) >= 11 is 0. The predicted octanol–water partition coefficient (Wildman–Crippen LogP) is 13.1. The summed E-state index contributed by atoms with van der Waals surface area (Å²) in [5.74, 6) is 0.689. The smallest absolute Gasteiger partial charge is 0.127 e. The summed E-state index contributed by atoms with van der Waals surface area (Å²) < 4.78 is 0. The lowest BCUT2D eigenvalue weighted by atomic mass is 9.85. The van der Waals surface area contributed by atoms with Crippen molar-refractivity contribution in [2.75, 3.05) is 27.2 Å². The number of aryl methyl sites for hydroxylation is 8. The van der Waals surface area contributed by atoms with Gasteiger partial charge >= 0.3 is 0 Å². The molecule has 8 aromatic rings. The molecule has 0 aliphatic rings. The average molecular weight is 765 g/mol. The van der Waals surface area contributed by atoms with Gasteiger partial charge in [0.15, 0.2) is 0 Å². The molecule has 0 heterocycles. The molecule has 294 valence electrons. The van der Waals surface area contributed by atoms with Crippen LogP contribution in [0.2, 0.25) is 0 Å². The van der Waals surface area contributed by atoms with Crippen LogP contribution in [0.3, 0.4) is 0 Å². The summed E-state index contributed by atoms with van der Waals surface area (Å²) in [7, 11) is 4.24. The van der Waals surface area contributed by atoms with E-state index in [2.05, 4.69) is 176 Å². The number of phenolic OH excluding ortho intramolecular Hbond substituents is 2. The van der Waals surface area contributed by atoms with Crippen molar-refractivity contribution < 1.29 is 10.2 Å². The lowest BCUT2D eigenvalue weighted by molar-refractivity contribution is 0.244. The van der Waals surface area contributed by atoms with Gasteiger partial charge in [0, 0.05) is 59.6 Å². The maximum absolute atomic E-state index is 12.1. The maximum atomic E-state index is 12.1. The Kier molecular flexibility index (Phi) is 10.3. The van der Waals surface area contributed by atoms with Crippen LogP contribution in [0.15, 0.2) is 97.1 Å². The highest BCUT2D eigenvalue weighted by molar-refractivity contribution is 6.18. The molecule has 0 unspecified atom stereocenters. The first-order valence-electron chi connectivity index (χ1n) is 20.6. The third-order valence-corrected chi connectivity index (χ3v) is 12.8. The summed E-state index contributed by atoms with van der Waals surface area (Å²) in [6.45, 7) is 20.2. The van der Waals surface area contributed by atoms with Crippen molar-refractivity contribution in [3.05, 3.63) is 153 Å². The Labute approximate surface area is 344 Å². The molecule has 0 spiro atoms. The van der Waals surface area contributed by atoms with Crippen molar-refractivity contribution >= 4 is 43.1 Å². The van der Waals surface area contributed by atoms with Gasteiger partial charge in [0.2, 0.25) is 0 Å². The van der Waals surface area contributed by atoms with Gasteiger partial charge in [0.05, 0.1) is 0 Å². The minimum absolute atomic E-state index is 0.344. The molecule has 58 heavy (non-hydrogen) atoms. The Balaban J connectivity index is 1.07. The number of hydrogen-bond acceptors (Lipinski definition) is 4. The number of likely N-dealkylation sites (N-methyl/N-ethyl adjacent to an activating group) is 2. The van der Waals surface area contributed by atoms with E-state index in [9.17, 15) is 10.2 Å². The molecule has 0 saturated carbocycles. The fraction of sp³-hybridized carbons (Fsp3) is 0.259. The second-order valence-electron chi connectivity index (χ2n) is 17.1. The number of benzene rings is 8. The van der Waals surface area contributed by atoms with Crippen molar-refractivity contribution in [1.82, 2.24) is 9.80 Å². The number of nitrogens with zero attached hydrogens (tertiary/aromatic N) is 2. The number of phenols is 2. The summed E-state index contributed by atoms with van der Waals surface area (Å²) in [5.41, 5.74) is 15.6. The van der Waals surface area contributed by atoms with Gasteiger partial charge < -0.3 is 20.0 Å². The second-order valence-corrected chi connectivity index (χ2v) is 17.1. The largest absolute Gasteiger partial charge is 0.507 e. The van der Waals surface area contributed by atoms with Crippen LogP contribution in [0.25, 0.3) is 65.3 Å². The molecule has 0 fully saturated rings. The molecule has 2 N–H and O–H groups in total. The van der Waals surface area contributed by atoms with E-state index in [0.717, 1.165) is 46.5 Å². The van der Waals surface area contributed by atoms with Crippen LogP contribution in [0, 0.1) is 55.4 Å². The molecule has 0 aliphatic heterocycles. The highest BCUT2D eigenvalue weighted by Gasteiger charge is 2.22. The van der Waals surface area contributed by atoms with Crippen LogP contribution in [-0.4, -0.2) is 47.2 Å². The lowest BCUT2D eigenvalue weighted by Gasteiger charge is -2.24. The zero-order valence-electron chi connectivity index (χ0n) is 35.9. The van der Waals surface area contributed by atoms with E-state index in [1.54, 1.807) is 0 Å². The SMILES string of the molecule is Cc1ccc(C)c2c(-c3cccc(CN(C)CCN(C)Cc4cccc(-c5c6c(C)ccc(C)c6cc6c(C)ccc(C)c56)c4O)c3O)c3c(C)ccc(C)c3cc12. The van der Waals surface area contributed by atoms with E-state index in [1.165, 1.54) is 87.6 Å². The van der Waals surface area contributed by atoms with Crippen LogP contribution in [0.4, 0.5) is 0 Å². The van der Waals surface area contributed by atoms with Crippen LogP contribution < -0.4 is 0 Å². The second kappa shape index (κ2) is 15.2. The third kappa shape index (κ3) is 6.68. The summed E-state index contributed by atoms with van der Waals surface area (Å²) in [6, 6.07) is 34.7. The van der Waals surface area contributed by atoms with E-state index in [1.807, 2.05) is 0 Å². The Morgan fingerprint density at radius 3 is 0.948 bits per heavy atom. The highest BCUT2D eigenvalue weighted by Crippen LogP contribution is 2.47. The fourth-order valence-electron chi connectivity index (χ4n) is 9.40. The summed E-state index contributed by atoms with van der Waals surface area (Å²) in [4.78, 5) is 4.55. The van der Waals surface area contributed by atoms with Crippen LogP contribution in [0.5, 0.6) is 11.5 Å². The van der Waals surface area contributed by atoms with Gasteiger partial charge in [-0.3, -0.25) is 0 Å². The van der Waals surface area contributed by atoms with E-state index in [-0.39, 0.29) is 0 Å². The molecule has 4 nitrogen and oxygen atoms in total. The summed E-state index contributed by atoms with van der Waals surface area (Å²) in [5, 5.41) is 33.9. The number of aromatic hydroxyl groups is 2. The zero-order chi connectivity index (χ0) is 41.2. The fourth-order valence-corrected chi connectivity index (χ4v) is 9.40. The number of hydrogen-bond donors (Lipinski definition) is 2. The molecule has 4 heteroatoms. The summed E-state index contributed by atoms with van der Waals surface area (Å²) in [6.07, 6.45) is 0. The van der Waals surface area contributed by atoms with Crippen LogP contribution >= 0.6 is 0 Å². The van der Waals surface area contributed by atoms with Gasteiger partial charge in [-0.05, 0) is 169 Å². The molecular formula is C54H56N2O2. The molecule has 0 bridgehead atoms. The third-order valence-electron chi connectivity index (χ3n) is 12.8. The van der Waals surface area contributed by atoms with E-state index in [0.29, 0.717) is 24.6 Å². The molecule has 0 amide bonds. The molecule has 8 rings (SSSR count). The average Bonchev–Trinajstić information content (AvgIpc) is 3.20. The van der Waals surface area contributed by atoms with Crippen LogP contribution in [0.1, 0.15) is 55.6 Å².